The van der Waals surface area contributed by atoms with Crippen LogP contribution < -0.4 is 5.73 Å². The fourth-order valence-corrected chi connectivity index (χ4v) is 5.62. The Kier molecular flexibility index (Phi) is 2.62. The van der Waals surface area contributed by atoms with E-state index in [9.17, 15) is 0 Å². The molecule has 27 heavy (non-hydrogen) atoms. The first-order chi connectivity index (χ1) is 13.0. The number of pyridine rings is 2. The normalized spacial score (nSPS) is 25.6. The van der Waals surface area contributed by atoms with E-state index in [1.807, 2.05) is 12.1 Å². The third-order valence-electron chi connectivity index (χ3n) is 7.17. The number of nitrogen functional groups attached to an aromatic ring is 1. The van der Waals surface area contributed by atoms with E-state index in [-0.39, 0.29) is 10.8 Å². The van der Waals surface area contributed by atoms with Crippen LogP contribution in [-0.2, 0) is 18.3 Å². The summed E-state index contributed by atoms with van der Waals surface area (Å²) in [7, 11) is 0. The molecule has 0 bridgehead atoms. The van der Waals surface area contributed by atoms with Gasteiger partial charge in [0.05, 0.1) is 11.0 Å². The van der Waals surface area contributed by atoms with Crippen LogP contribution in [0.1, 0.15) is 36.4 Å². The second kappa shape index (κ2) is 4.66. The number of aromatic nitrogens is 2. The third-order valence-corrected chi connectivity index (χ3v) is 7.17. The monoisotopic (exact) mass is 351 g/mol. The highest BCUT2D eigenvalue weighted by Crippen LogP contribution is 2.63. The second-order valence-electron chi connectivity index (χ2n) is 8.58. The zero-order chi connectivity index (χ0) is 18.4. The molecule has 0 saturated carbocycles. The lowest BCUT2D eigenvalue weighted by Gasteiger charge is -2.36. The third kappa shape index (κ3) is 1.68. The van der Waals surface area contributed by atoms with Crippen LogP contribution in [0.4, 0.5) is 5.69 Å². The summed E-state index contributed by atoms with van der Waals surface area (Å²) < 4.78 is 0. The minimum Gasteiger partial charge on any atom is -0.398 e. The van der Waals surface area contributed by atoms with Crippen LogP contribution in [0.3, 0.4) is 0 Å². The Morgan fingerprint density at radius 1 is 0.852 bits per heavy atom. The molecule has 0 radical (unpaired) electrons. The molecule has 2 N–H and O–H groups in total. The van der Waals surface area contributed by atoms with Crippen LogP contribution in [-0.4, -0.2) is 9.97 Å². The van der Waals surface area contributed by atoms with Gasteiger partial charge in [-0.25, -0.2) is 0 Å². The van der Waals surface area contributed by atoms with E-state index >= 15 is 0 Å². The van der Waals surface area contributed by atoms with Crippen LogP contribution in [0.15, 0.2) is 54.6 Å². The SMILES string of the molecule is C[C@]12Cc3nc4ccccc4cc3[C@@]1(C)c1c(nc3ccccc3c1N)C2. The Labute approximate surface area is 158 Å². The zero-order valence-electron chi connectivity index (χ0n) is 15.6. The molecular formula is C24H21N3. The fourth-order valence-electron chi connectivity index (χ4n) is 5.62. The summed E-state index contributed by atoms with van der Waals surface area (Å²) in [5.41, 5.74) is 14.6. The summed E-state index contributed by atoms with van der Waals surface area (Å²) in [6.07, 6.45) is 1.91. The van der Waals surface area contributed by atoms with E-state index in [0.717, 1.165) is 40.6 Å². The lowest BCUT2D eigenvalue weighted by atomic mass is 9.66. The molecule has 6 rings (SSSR count). The summed E-state index contributed by atoms with van der Waals surface area (Å²) in [6, 6.07) is 19.0. The zero-order valence-corrected chi connectivity index (χ0v) is 15.6. The van der Waals surface area contributed by atoms with Crippen molar-refractivity contribution in [1.82, 2.24) is 9.97 Å². The van der Waals surface area contributed by atoms with E-state index in [4.69, 9.17) is 15.7 Å². The number of para-hydroxylation sites is 2. The maximum absolute atomic E-state index is 6.78. The van der Waals surface area contributed by atoms with Gasteiger partial charge in [0.15, 0.2) is 0 Å². The number of hydrogen-bond donors (Lipinski definition) is 1. The van der Waals surface area contributed by atoms with Crippen molar-refractivity contribution >= 4 is 27.5 Å². The predicted octanol–water partition coefficient (Wildman–Crippen LogP) is 4.79. The molecule has 4 aromatic rings. The Balaban J connectivity index is 1.71. The Morgan fingerprint density at radius 3 is 2.37 bits per heavy atom. The first kappa shape index (κ1) is 15.2. The Morgan fingerprint density at radius 2 is 1.52 bits per heavy atom. The molecule has 3 heteroatoms. The maximum atomic E-state index is 6.78. The number of anilines is 1. The van der Waals surface area contributed by atoms with Gasteiger partial charge in [-0.15, -0.1) is 0 Å². The molecule has 2 aromatic carbocycles. The minimum absolute atomic E-state index is 0.0561. The first-order valence-electron chi connectivity index (χ1n) is 9.58. The number of nitrogens with two attached hydrogens (primary N) is 1. The van der Waals surface area contributed by atoms with Crippen molar-refractivity contribution in [2.24, 2.45) is 5.41 Å². The van der Waals surface area contributed by atoms with Gasteiger partial charge < -0.3 is 5.73 Å². The summed E-state index contributed by atoms with van der Waals surface area (Å²) in [5.74, 6) is 0. The number of fused-ring (bicyclic) bond motifs is 7. The summed E-state index contributed by atoms with van der Waals surface area (Å²) in [6.45, 7) is 4.74. The molecular weight excluding hydrogens is 330 g/mol. The molecule has 2 heterocycles. The van der Waals surface area contributed by atoms with Crippen LogP contribution in [0.2, 0.25) is 0 Å². The van der Waals surface area contributed by atoms with Gasteiger partial charge in [-0.2, -0.15) is 0 Å². The highest BCUT2D eigenvalue weighted by atomic mass is 14.8. The Bertz CT molecular complexity index is 1280. The van der Waals surface area contributed by atoms with E-state index in [1.165, 1.54) is 22.2 Å². The Hall–Kier alpha value is -2.94. The van der Waals surface area contributed by atoms with Gasteiger partial charge in [0, 0.05) is 38.8 Å². The van der Waals surface area contributed by atoms with Gasteiger partial charge >= 0.3 is 0 Å². The summed E-state index contributed by atoms with van der Waals surface area (Å²) >= 11 is 0. The smallest absolute Gasteiger partial charge is 0.0726 e. The molecule has 0 saturated heterocycles. The summed E-state index contributed by atoms with van der Waals surface area (Å²) in [5, 5.41) is 2.26. The number of nitrogens with zero attached hydrogens (tertiary/aromatic N) is 2. The molecule has 132 valence electrons. The number of hydrogen-bond acceptors (Lipinski definition) is 3. The fraction of sp³-hybridized carbons (Fsp3) is 0.250. The van der Waals surface area contributed by atoms with Crippen molar-refractivity contribution in [3.63, 3.8) is 0 Å². The van der Waals surface area contributed by atoms with Crippen LogP contribution in [0.5, 0.6) is 0 Å². The number of rotatable bonds is 0. The highest BCUT2D eigenvalue weighted by Gasteiger charge is 2.59. The lowest BCUT2D eigenvalue weighted by molar-refractivity contribution is 0.243. The van der Waals surface area contributed by atoms with Gasteiger partial charge in [0.1, 0.15) is 0 Å². The van der Waals surface area contributed by atoms with E-state index in [1.54, 1.807) is 0 Å². The lowest BCUT2D eigenvalue weighted by Crippen LogP contribution is -2.35. The van der Waals surface area contributed by atoms with Gasteiger partial charge in [-0.1, -0.05) is 50.2 Å². The maximum Gasteiger partial charge on any atom is 0.0726 e. The quantitative estimate of drug-likeness (QED) is 0.495. The number of benzene rings is 2. The molecule has 0 unspecified atom stereocenters. The van der Waals surface area contributed by atoms with Gasteiger partial charge in [0.2, 0.25) is 0 Å². The van der Waals surface area contributed by atoms with Gasteiger partial charge in [-0.3, -0.25) is 9.97 Å². The van der Waals surface area contributed by atoms with E-state index in [0.29, 0.717) is 0 Å². The van der Waals surface area contributed by atoms with Crippen LogP contribution >= 0.6 is 0 Å². The molecule has 0 aliphatic heterocycles. The molecule has 0 amide bonds. The van der Waals surface area contributed by atoms with Gasteiger partial charge in [-0.05, 0) is 42.0 Å². The average molecular weight is 351 g/mol. The van der Waals surface area contributed by atoms with Crippen molar-refractivity contribution in [2.45, 2.75) is 32.1 Å². The van der Waals surface area contributed by atoms with Crippen LogP contribution in [0.25, 0.3) is 21.8 Å². The van der Waals surface area contributed by atoms with Crippen molar-refractivity contribution < 1.29 is 0 Å². The summed E-state index contributed by atoms with van der Waals surface area (Å²) in [4.78, 5) is 10.1. The minimum atomic E-state index is -0.157. The molecule has 0 fully saturated rings. The van der Waals surface area contributed by atoms with E-state index < -0.39 is 0 Å². The van der Waals surface area contributed by atoms with Crippen molar-refractivity contribution in [1.29, 1.82) is 0 Å². The van der Waals surface area contributed by atoms with Gasteiger partial charge in [0.25, 0.3) is 0 Å². The molecule has 3 nitrogen and oxygen atoms in total. The predicted molar refractivity (Wildman–Crippen MR) is 110 cm³/mol. The van der Waals surface area contributed by atoms with Crippen molar-refractivity contribution in [3.05, 3.63) is 77.1 Å². The first-order valence-corrected chi connectivity index (χ1v) is 9.58. The van der Waals surface area contributed by atoms with Crippen molar-refractivity contribution in [3.8, 4) is 0 Å². The topological polar surface area (TPSA) is 51.8 Å². The van der Waals surface area contributed by atoms with Crippen molar-refractivity contribution in [2.75, 3.05) is 5.73 Å². The standard InChI is InChI=1S/C24H21N3/c1-23-12-19-16(11-14-7-3-5-9-17(14)26-19)24(23,2)21-20(13-23)27-18-10-6-4-8-15(18)22(21)25/h3-11H,12-13H2,1-2H3,(H2,25,27)/t23-,24+/m1/s1. The molecule has 0 spiro atoms. The molecule has 2 aliphatic carbocycles. The average Bonchev–Trinajstić information content (AvgIpc) is 3.01. The second-order valence-corrected chi connectivity index (χ2v) is 8.58. The van der Waals surface area contributed by atoms with E-state index in [2.05, 4.69) is 56.3 Å². The molecule has 2 aromatic heterocycles. The largest absolute Gasteiger partial charge is 0.398 e. The van der Waals surface area contributed by atoms with Crippen LogP contribution in [0, 0.1) is 5.41 Å². The molecule has 2 atom stereocenters. The highest BCUT2D eigenvalue weighted by molar-refractivity contribution is 5.94. The molecule has 2 aliphatic rings.